The summed E-state index contributed by atoms with van der Waals surface area (Å²) in [5.41, 5.74) is 9.06. The second-order valence-electron chi connectivity index (χ2n) is 3.00. The van der Waals surface area contributed by atoms with Gasteiger partial charge in [0.2, 0.25) is 0 Å². The number of rotatable bonds is 1. The minimum Gasteiger partial charge on any atom is -0.325 e. The molecule has 0 aromatic carbocycles. The Hall–Kier alpha value is -0.870. The summed E-state index contributed by atoms with van der Waals surface area (Å²) in [4.78, 5) is 2.24. The summed E-state index contributed by atoms with van der Waals surface area (Å²) < 4.78 is 0. The molecule has 0 amide bonds. The molecule has 1 aromatic rings. The number of aromatic amines is 1. The molecule has 0 aliphatic carbocycles. The van der Waals surface area contributed by atoms with E-state index in [1.54, 1.807) is 0 Å². The van der Waals surface area contributed by atoms with Gasteiger partial charge in [-0.2, -0.15) is 5.10 Å². The van der Waals surface area contributed by atoms with Crippen LogP contribution in [0.4, 0.5) is 0 Å². The molecule has 1 aromatic heterocycles. The summed E-state index contributed by atoms with van der Waals surface area (Å²) in [6, 6.07) is 0. The molecule has 0 spiro atoms. The Morgan fingerprint density at radius 3 is 3.18 bits per heavy atom. The molecule has 4 heteroatoms. The van der Waals surface area contributed by atoms with Crippen molar-refractivity contribution in [3.63, 3.8) is 0 Å². The van der Waals surface area contributed by atoms with Crippen molar-refractivity contribution in [2.45, 2.75) is 19.6 Å². The zero-order valence-corrected chi connectivity index (χ0v) is 6.59. The SMILES string of the molecule is CN1Cc2[nH]nc(CN)c2C1. The average molecular weight is 152 g/mol. The number of nitrogens with two attached hydrogens (primary N) is 1. The molecular weight excluding hydrogens is 140 g/mol. The first kappa shape index (κ1) is 6.82. The van der Waals surface area contributed by atoms with E-state index in [2.05, 4.69) is 22.1 Å². The van der Waals surface area contributed by atoms with Crippen molar-refractivity contribution in [2.75, 3.05) is 7.05 Å². The molecule has 0 unspecified atom stereocenters. The lowest BCUT2D eigenvalue weighted by Gasteiger charge is -2.04. The van der Waals surface area contributed by atoms with Crippen LogP contribution in [0.25, 0.3) is 0 Å². The topological polar surface area (TPSA) is 57.9 Å². The Bertz CT molecular complexity index is 265. The molecule has 1 aliphatic heterocycles. The summed E-state index contributed by atoms with van der Waals surface area (Å²) in [6.45, 7) is 2.50. The van der Waals surface area contributed by atoms with Crippen molar-refractivity contribution < 1.29 is 0 Å². The molecular formula is C7H12N4. The van der Waals surface area contributed by atoms with Gasteiger partial charge in [-0.25, -0.2) is 0 Å². The highest BCUT2D eigenvalue weighted by Crippen LogP contribution is 2.21. The standard InChI is InChI=1S/C7H12N4/c1-11-3-5-6(2-8)9-10-7(5)4-11/h2-4,8H2,1H3,(H,9,10). The molecule has 3 N–H and O–H groups in total. The van der Waals surface area contributed by atoms with Crippen LogP contribution < -0.4 is 5.73 Å². The van der Waals surface area contributed by atoms with Crippen molar-refractivity contribution >= 4 is 0 Å². The van der Waals surface area contributed by atoms with Gasteiger partial charge in [-0.1, -0.05) is 0 Å². The molecule has 0 bridgehead atoms. The molecule has 0 radical (unpaired) electrons. The Kier molecular flexibility index (Phi) is 1.44. The fourth-order valence-corrected chi connectivity index (χ4v) is 1.53. The largest absolute Gasteiger partial charge is 0.325 e. The van der Waals surface area contributed by atoms with E-state index < -0.39 is 0 Å². The van der Waals surface area contributed by atoms with Crippen LogP contribution in [-0.4, -0.2) is 22.1 Å². The Morgan fingerprint density at radius 2 is 2.45 bits per heavy atom. The number of nitrogens with one attached hydrogen (secondary N) is 1. The fourth-order valence-electron chi connectivity index (χ4n) is 1.53. The molecule has 60 valence electrons. The van der Waals surface area contributed by atoms with E-state index in [9.17, 15) is 0 Å². The molecule has 0 fully saturated rings. The predicted molar refractivity (Wildman–Crippen MR) is 41.7 cm³/mol. The normalized spacial score (nSPS) is 17.3. The lowest BCUT2D eigenvalue weighted by Crippen LogP contribution is -2.10. The van der Waals surface area contributed by atoms with E-state index in [1.165, 1.54) is 11.3 Å². The number of fused-ring (bicyclic) bond motifs is 1. The van der Waals surface area contributed by atoms with Crippen LogP contribution in [0.2, 0.25) is 0 Å². The number of nitrogens with zero attached hydrogens (tertiary/aromatic N) is 2. The number of hydrogen-bond acceptors (Lipinski definition) is 3. The second-order valence-corrected chi connectivity index (χ2v) is 3.00. The molecule has 0 saturated heterocycles. The van der Waals surface area contributed by atoms with Crippen LogP contribution in [0.5, 0.6) is 0 Å². The third-order valence-corrected chi connectivity index (χ3v) is 2.09. The first-order valence-electron chi connectivity index (χ1n) is 3.75. The van der Waals surface area contributed by atoms with Crippen molar-refractivity contribution in [2.24, 2.45) is 5.73 Å². The lowest BCUT2D eigenvalue weighted by molar-refractivity contribution is 0.347. The third-order valence-electron chi connectivity index (χ3n) is 2.09. The van der Waals surface area contributed by atoms with Crippen LogP contribution in [0.1, 0.15) is 17.0 Å². The maximum absolute atomic E-state index is 5.51. The minimum atomic E-state index is 0.541. The highest BCUT2D eigenvalue weighted by Gasteiger charge is 2.20. The quantitative estimate of drug-likeness (QED) is 0.586. The molecule has 0 saturated carbocycles. The first-order chi connectivity index (χ1) is 5.31. The van der Waals surface area contributed by atoms with Crippen LogP contribution in [0, 0.1) is 0 Å². The highest BCUT2D eigenvalue weighted by atomic mass is 15.2. The maximum atomic E-state index is 5.51. The van der Waals surface area contributed by atoms with Crippen molar-refractivity contribution in [1.82, 2.24) is 15.1 Å². The van der Waals surface area contributed by atoms with Gasteiger partial charge in [-0.3, -0.25) is 10.00 Å². The van der Waals surface area contributed by atoms with Crippen LogP contribution in [-0.2, 0) is 19.6 Å². The molecule has 4 nitrogen and oxygen atoms in total. The molecule has 11 heavy (non-hydrogen) atoms. The molecule has 2 heterocycles. The van der Waals surface area contributed by atoms with Crippen LogP contribution in [0.3, 0.4) is 0 Å². The van der Waals surface area contributed by atoms with E-state index in [1.807, 2.05) is 0 Å². The third kappa shape index (κ3) is 0.948. The zero-order valence-electron chi connectivity index (χ0n) is 6.59. The van der Waals surface area contributed by atoms with E-state index >= 15 is 0 Å². The van der Waals surface area contributed by atoms with Crippen LogP contribution in [0.15, 0.2) is 0 Å². The maximum Gasteiger partial charge on any atom is 0.0806 e. The van der Waals surface area contributed by atoms with Crippen molar-refractivity contribution in [3.05, 3.63) is 17.0 Å². The molecule has 1 aliphatic rings. The van der Waals surface area contributed by atoms with Gasteiger partial charge in [0.25, 0.3) is 0 Å². The Morgan fingerprint density at radius 1 is 1.64 bits per heavy atom. The number of H-pyrrole nitrogens is 1. The van der Waals surface area contributed by atoms with E-state index in [4.69, 9.17) is 5.73 Å². The summed E-state index contributed by atoms with van der Waals surface area (Å²) in [5, 5.41) is 7.11. The van der Waals surface area contributed by atoms with E-state index in [0.29, 0.717) is 6.54 Å². The van der Waals surface area contributed by atoms with Crippen molar-refractivity contribution in [1.29, 1.82) is 0 Å². The van der Waals surface area contributed by atoms with E-state index in [-0.39, 0.29) is 0 Å². The fraction of sp³-hybridized carbons (Fsp3) is 0.571. The van der Waals surface area contributed by atoms with Gasteiger partial charge >= 0.3 is 0 Å². The van der Waals surface area contributed by atoms with Gasteiger partial charge in [0, 0.05) is 25.2 Å². The van der Waals surface area contributed by atoms with Gasteiger partial charge in [0.15, 0.2) is 0 Å². The lowest BCUT2D eigenvalue weighted by atomic mass is 10.2. The summed E-state index contributed by atoms with van der Waals surface area (Å²) in [7, 11) is 2.09. The Labute approximate surface area is 65.4 Å². The van der Waals surface area contributed by atoms with Gasteiger partial charge in [0.05, 0.1) is 11.4 Å². The summed E-state index contributed by atoms with van der Waals surface area (Å²) >= 11 is 0. The van der Waals surface area contributed by atoms with E-state index in [0.717, 1.165) is 18.8 Å². The van der Waals surface area contributed by atoms with Crippen LogP contribution >= 0.6 is 0 Å². The predicted octanol–water partition coefficient (Wildman–Crippen LogP) is -0.186. The first-order valence-corrected chi connectivity index (χ1v) is 3.75. The van der Waals surface area contributed by atoms with Gasteiger partial charge in [-0.05, 0) is 7.05 Å². The average Bonchev–Trinajstić information content (AvgIpc) is 2.45. The van der Waals surface area contributed by atoms with Gasteiger partial charge in [-0.15, -0.1) is 0 Å². The Balaban J connectivity index is 2.37. The zero-order chi connectivity index (χ0) is 7.84. The van der Waals surface area contributed by atoms with Crippen molar-refractivity contribution in [3.8, 4) is 0 Å². The molecule has 0 atom stereocenters. The molecule has 2 rings (SSSR count). The highest BCUT2D eigenvalue weighted by molar-refractivity contribution is 5.28. The number of hydrogen-bond donors (Lipinski definition) is 2. The summed E-state index contributed by atoms with van der Waals surface area (Å²) in [5.74, 6) is 0. The monoisotopic (exact) mass is 152 g/mol. The van der Waals surface area contributed by atoms with Gasteiger partial charge < -0.3 is 5.73 Å². The summed E-state index contributed by atoms with van der Waals surface area (Å²) in [6.07, 6.45) is 0. The second kappa shape index (κ2) is 2.32. The number of aromatic nitrogens is 2. The smallest absolute Gasteiger partial charge is 0.0806 e. The minimum absolute atomic E-state index is 0.541. The van der Waals surface area contributed by atoms with Gasteiger partial charge in [0.1, 0.15) is 0 Å².